The second-order valence-corrected chi connectivity index (χ2v) is 5.25. The van der Waals surface area contributed by atoms with Crippen LogP contribution in [-0.4, -0.2) is 38.0 Å². The van der Waals surface area contributed by atoms with E-state index in [-0.39, 0.29) is 0 Å². The highest BCUT2D eigenvalue weighted by Gasteiger charge is 2.44. The van der Waals surface area contributed by atoms with Gasteiger partial charge in [0.15, 0.2) is 0 Å². The Morgan fingerprint density at radius 1 is 1.30 bits per heavy atom. The second-order valence-electron chi connectivity index (χ2n) is 5.25. The maximum absolute atomic E-state index is 11.8. The van der Waals surface area contributed by atoms with E-state index >= 15 is 0 Å². The van der Waals surface area contributed by atoms with E-state index in [0.717, 1.165) is 18.4 Å². The van der Waals surface area contributed by atoms with Crippen molar-refractivity contribution in [2.24, 2.45) is 0 Å². The lowest BCUT2D eigenvalue weighted by atomic mass is 9.78. The molecule has 0 heterocycles. The van der Waals surface area contributed by atoms with Gasteiger partial charge in [0, 0.05) is 13.7 Å². The zero-order valence-electron chi connectivity index (χ0n) is 11.9. The second kappa shape index (κ2) is 6.86. The van der Waals surface area contributed by atoms with Gasteiger partial charge in [-0.1, -0.05) is 24.3 Å². The first kappa shape index (κ1) is 15.0. The molecule has 1 aliphatic carbocycles. The average molecular weight is 278 g/mol. The predicted octanol–water partition coefficient (Wildman–Crippen LogP) is 2.40. The summed E-state index contributed by atoms with van der Waals surface area (Å²) in [5, 5.41) is 9.69. The fourth-order valence-corrected chi connectivity index (χ4v) is 3.00. The quantitative estimate of drug-likeness (QED) is 0.742. The molecule has 1 unspecified atom stereocenters. The van der Waals surface area contributed by atoms with E-state index < -0.39 is 11.4 Å². The maximum Gasteiger partial charge on any atom is 0.314 e. The summed E-state index contributed by atoms with van der Waals surface area (Å²) in [6, 6.07) is 7.90. The number of carboxylic acid groups (broad SMARTS) is 1. The number of fused-ring (bicyclic) bond motifs is 1. The van der Waals surface area contributed by atoms with Crippen LogP contribution in [0.1, 0.15) is 30.4 Å². The molecule has 0 bridgehead atoms. The van der Waals surface area contributed by atoms with Crippen molar-refractivity contribution in [3.63, 3.8) is 0 Å². The summed E-state index contributed by atoms with van der Waals surface area (Å²) in [4.78, 5) is 11.8. The standard InChI is InChI=1S/C16H22O4/c1-19-11-12-20-10-4-8-16(15(17)18)9-7-13-5-2-3-6-14(13)16/h2-3,5-6H,4,7-12H2,1H3,(H,17,18). The van der Waals surface area contributed by atoms with Crippen molar-refractivity contribution in [2.45, 2.75) is 31.1 Å². The van der Waals surface area contributed by atoms with Gasteiger partial charge in [0.1, 0.15) is 0 Å². The third-order valence-corrected chi connectivity index (χ3v) is 4.09. The highest BCUT2D eigenvalue weighted by atomic mass is 16.5. The van der Waals surface area contributed by atoms with Gasteiger partial charge in [-0.15, -0.1) is 0 Å². The van der Waals surface area contributed by atoms with Gasteiger partial charge in [-0.05, 0) is 36.8 Å². The van der Waals surface area contributed by atoms with Crippen LogP contribution in [0.2, 0.25) is 0 Å². The van der Waals surface area contributed by atoms with Crippen molar-refractivity contribution >= 4 is 5.97 Å². The molecule has 20 heavy (non-hydrogen) atoms. The van der Waals surface area contributed by atoms with Crippen LogP contribution in [0, 0.1) is 0 Å². The van der Waals surface area contributed by atoms with Crippen LogP contribution >= 0.6 is 0 Å². The summed E-state index contributed by atoms with van der Waals surface area (Å²) >= 11 is 0. The number of benzene rings is 1. The Morgan fingerprint density at radius 3 is 2.85 bits per heavy atom. The van der Waals surface area contributed by atoms with Crippen LogP contribution in [-0.2, 0) is 26.1 Å². The molecule has 0 radical (unpaired) electrons. The van der Waals surface area contributed by atoms with Crippen molar-refractivity contribution < 1.29 is 19.4 Å². The monoisotopic (exact) mass is 278 g/mol. The first-order chi connectivity index (χ1) is 9.70. The van der Waals surface area contributed by atoms with E-state index in [2.05, 4.69) is 0 Å². The van der Waals surface area contributed by atoms with Crippen molar-refractivity contribution in [2.75, 3.05) is 26.9 Å². The predicted molar refractivity (Wildman–Crippen MR) is 76.0 cm³/mol. The van der Waals surface area contributed by atoms with E-state index in [1.54, 1.807) is 7.11 Å². The lowest BCUT2D eigenvalue weighted by molar-refractivity contribution is -0.144. The Labute approximate surface area is 119 Å². The third kappa shape index (κ3) is 3.02. The molecule has 4 heteroatoms. The molecule has 1 aromatic carbocycles. The first-order valence-electron chi connectivity index (χ1n) is 7.09. The number of hydrogen-bond donors (Lipinski definition) is 1. The Hall–Kier alpha value is -1.39. The molecule has 1 atom stereocenters. The molecular weight excluding hydrogens is 256 g/mol. The van der Waals surface area contributed by atoms with E-state index in [1.807, 2.05) is 24.3 Å². The number of carboxylic acids is 1. The van der Waals surface area contributed by atoms with Crippen LogP contribution in [0.3, 0.4) is 0 Å². The van der Waals surface area contributed by atoms with E-state index in [1.165, 1.54) is 5.56 Å². The number of hydrogen-bond acceptors (Lipinski definition) is 3. The van der Waals surface area contributed by atoms with Crippen LogP contribution in [0.15, 0.2) is 24.3 Å². The molecule has 2 rings (SSSR count). The van der Waals surface area contributed by atoms with Crippen molar-refractivity contribution in [3.05, 3.63) is 35.4 Å². The third-order valence-electron chi connectivity index (χ3n) is 4.09. The summed E-state index contributed by atoms with van der Waals surface area (Å²) in [6.07, 6.45) is 2.93. The summed E-state index contributed by atoms with van der Waals surface area (Å²) in [5.74, 6) is -0.709. The average Bonchev–Trinajstić information content (AvgIpc) is 2.83. The van der Waals surface area contributed by atoms with E-state index in [0.29, 0.717) is 32.7 Å². The van der Waals surface area contributed by atoms with Gasteiger partial charge >= 0.3 is 5.97 Å². The number of rotatable bonds is 8. The Bertz CT molecular complexity index is 458. The molecule has 110 valence electrons. The molecule has 1 N–H and O–H groups in total. The lowest BCUT2D eigenvalue weighted by Crippen LogP contribution is -2.33. The van der Waals surface area contributed by atoms with E-state index in [9.17, 15) is 9.90 Å². The van der Waals surface area contributed by atoms with Gasteiger partial charge < -0.3 is 14.6 Å². The molecule has 1 aliphatic rings. The molecule has 0 spiro atoms. The van der Waals surface area contributed by atoms with Crippen LogP contribution < -0.4 is 0 Å². The van der Waals surface area contributed by atoms with Gasteiger partial charge in [-0.2, -0.15) is 0 Å². The number of ether oxygens (including phenoxy) is 2. The summed E-state index contributed by atoms with van der Waals surface area (Å²) < 4.78 is 10.3. The Balaban J connectivity index is 1.97. The molecule has 0 saturated carbocycles. The maximum atomic E-state index is 11.8. The molecule has 0 saturated heterocycles. The van der Waals surface area contributed by atoms with Crippen molar-refractivity contribution in [1.82, 2.24) is 0 Å². The molecule has 0 fully saturated rings. The molecule has 1 aromatic rings. The van der Waals surface area contributed by atoms with Crippen LogP contribution in [0.25, 0.3) is 0 Å². The summed E-state index contributed by atoms with van der Waals surface area (Å²) in [6.45, 7) is 1.72. The van der Waals surface area contributed by atoms with Crippen molar-refractivity contribution in [1.29, 1.82) is 0 Å². The highest BCUT2D eigenvalue weighted by Crippen LogP contribution is 2.42. The number of aryl methyl sites for hydroxylation is 1. The van der Waals surface area contributed by atoms with Gasteiger partial charge in [-0.3, -0.25) is 4.79 Å². The van der Waals surface area contributed by atoms with Gasteiger partial charge in [-0.25, -0.2) is 0 Å². The molecular formula is C16H22O4. The topological polar surface area (TPSA) is 55.8 Å². The SMILES string of the molecule is COCCOCCCC1(C(=O)O)CCc2ccccc21. The zero-order chi connectivity index (χ0) is 14.4. The number of methoxy groups -OCH3 is 1. The number of carbonyl (C=O) groups is 1. The molecule has 0 amide bonds. The largest absolute Gasteiger partial charge is 0.481 e. The zero-order valence-corrected chi connectivity index (χ0v) is 11.9. The molecule has 4 nitrogen and oxygen atoms in total. The van der Waals surface area contributed by atoms with Crippen molar-refractivity contribution in [3.8, 4) is 0 Å². The van der Waals surface area contributed by atoms with Gasteiger partial charge in [0.2, 0.25) is 0 Å². The minimum absolute atomic E-state index is 0.563. The Kier molecular flexibility index (Phi) is 5.15. The summed E-state index contributed by atoms with van der Waals surface area (Å²) in [5.41, 5.74) is 1.45. The minimum atomic E-state index is -0.721. The lowest BCUT2D eigenvalue weighted by Gasteiger charge is -2.25. The van der Waals surface area contributed by atoms with Crippen LogP contribution in [0.5, 0.6) is 0 Å². The number of aliphatic carboxylic acids is 1. The highest BCUT2D eigenvalue weighted by molar-refractivity contribution is 5.83. The molecule has 0 aromatic heterocycles. The minimum Gasteiger partial charge on any atom is -0.481 e. The Morgan fingerprint density at radius 2 is 2.10 bits per heavy atom. The smallest absolute Gasteiger partial charge is 0.314 e. The normalized spacial score (nSPS) is 20.9. The first-order valence-corrected chi connectivity index (χ1v) is 7.09. The van der Waals surface area contributed by atoms with E-state index in [4.69, 9.17) is 9.47 Å². The molecule has 0 aliphatic heterocycles. The fraction of sp³-hybridized carbons (Fsp3) is 0.562. The van der Waals surface area contributed by atoms with Crippen LogP contribution in [0.4, 0.5) is 0 Å². The van der Waals surface area contributed by atoms with Gasteiger partial charge in [0.25, 0.3) is 0 Å². The fourth-order valence-electron chi connectivity index (χ4n) is 3.00. The summed E-state index contributed by atoms with van der Waals surface area (Å²) in [7, 11) is 1.64. The van der Waals surface area contributed by atoms with Gasteiger partial charge in [0.05, 0.1) is 18.6 Å².